The van der Waals surface area contributed by atoms with E-state index in [1.807, 2.05) is 6.92 Å². The van der Waals surface area contributed by atoms with E-state index in [1.54, 1.807) is 25.3 Å². The second-order valence-electron chi connectivity index (χ2n) is 4.31. The first-order valence-electron chi connectivity index (χ1n) is 5.70. The van der Waals surface area contributed by atoms with E-state index in [-0.39, 0.29) is 4.90 Å². The number of anilines is 2. The predicted octanol–water partition coefficient (Wildman–Crippen LogP) is 2.08. The van der Waals surface area contributed by atoms with Crippen molar-refractivity contribution in [3.8, 4) is 0 Å². The van der Waals surface area contributed by atoms with E-state index in [9.17, 15) is 8.42 Å². The normalized spacial score (nSPS) is 11.3. The maximum Gasteiger partial charge on any atom is 0.261 e. The van der Waals surface area contributed by atoms with Gasteiger partial charge in [0.05, 0.1) is 10.6 Å². The van der Waals surface area contributed by atoms with Gasteiger partial charge in [-0.2, -0.15) is 0 Å². The smallest absolute Gasteiger partial charge is 0.261 e. The van der Waals surface area contributed by atoms with Crippen LogP contribution in [0.15, 0.2) is 41.6 Å². The van der Waals surface area contributed by atoms with Crippen molar-refractivity contribution < 1.29 is 8.42 Å². The number of aromatic nitrogens is 1. The minimum Gasteiger partial charge on any atom is -0.398 e. The minimum atomic E-state index is -3.63. The fourth-order valence-electron chi connectivity index (χ4n) is 1.58. The Kier molecular flexibility index (Phi) is 3.44. The van der Waals surface area contributed by atoms with Gasteiger partial charge in [-0.3, -0.25) is 9.71 Å². The molecular formula is C13H15N3O2S. The zero-order valence-corrected chi connectivity index (χ0v) is 11.5. The quantitative estimate of drug-likeness (QED) is 0.841. The minimum absolute atomic E-state index is 0.145. The van der Waals surface area contributed by atoms with Gasteiger partial charge in [-0.05, 0) is 43.2 Å². The van der Waals surface area contributed by atoms with Crippen LogP contribution in [0.5, 0.6) is 0 Å². The second kappa shape index (κ2) is 4.89. The number of hydrogen-bond acceptors (Lipinski definition) is 4. The Bertz CT molecular complexity index is 712. The number of nitrogen functional groups attached to an aromatic ring is 1. The zero-order chi connectivity index (χ0) is 14.0. The van der Waals surface area contributed by atoms with Gasteiger partial charge < -0.3 is 5.73 Å². The first kappa shape index (κ1) is 13.4. The van der Waals surface area contributed by atoms with E-state index in [2.05, 4.69) is 9.71 Å². The average molecular weight is 277 g/mol. The van der Waals surface area contributed by atoms with Crippen molar-refractivity contribution in [2.45, 2.75) is 18.7 Å². The molecule has 0 aliphatic heterocycles. The number of benzene rings is 1. The highest BCUT2D eigenvalue weighted by Gasteiger charge is 2.15. The monoisotopic (exact) mass is 277 g/mol. The standard InChI is InChI=1S/C13H15N3O2S/c1-9-3-4-11(7-12(9)14)19(17,18)16-13-5-6-15-8-10(13)2/h3-8H,14H2,1-2H3,(H,15,16). The van der Waals surface area contributed by atoms with Crippen LogP contribution in [-0.2, 0) is 10.0 Å². The largest absolute Gasteiger partial charge is 0.398 e. The fraction of sp³-hybridized carbons (Fsp3) is 0.154. The van der Waals surface area contributed by atoms with Gasteiger partial charge in [0, 0.05) is 18.1 Å². The van der Waals surface area contributed by atoms with Gasteiger partial charge in [0.2, 0.25) is 0 Å². The summed E-state index contributed by atoms with van der Waals surface area (Å²) >= 11 is 0. The third-order valence-corrected chi connectivity index (χ3v) is 4.19. The van der Waals surface area contributed by atoms with Gasteiger partial charge in [-0.15, -0.1) is 0 Å². The van der Waals surface area contributed by atoms with Crippen molar-refractivity contribution >= 4 is 21.4 Å². The zero-order valence-electron chi connectivity index (χ0n) is 10.7. The molecule has 1 aromatic carbocycles. The predicted molar refractivity (Wildman–Crippen MR) is 75.4 cm³/mol. The molecule has 100 valence electrons. The number of nitrogens with one attached hydrogen (secondary N) is 1. The van der Waals surface area contributed by atoms with Gasteiger partial charge in [-0.1, -0.05) is 6.07 Å². The lowest BCUT2D eigenvalue weighted by molar-refractivity contribution is 0.601. The van der Waals surface area contributed by atoms with Crippen LogP contribution in [0.25, 0.3) is 0 Å². The van der Waals surface area contributed by atoms with E-state index in [0.29, 0.717) is 11.4 Å². The molecule has 0 bridgehead atoms. The van der Waals surface area contributed by atoms with Gasteiger partial charge in [0.1, 0.15) is 0 Å². The molecule has 0 unspecified atom stereocenters. The summed E-state index contributed by atoms with van der Waals surface area (Å²) in [6.45, 7) is 3.61. The summed E-state index contributed by atoms with van der Waals surface area (Å²) in [6, 6.07) is 6.28. The Morgan fingerprint density at radius 3 is 2.53 bits per heavy atom. The number of rotatable bonds is 3. The Hall–Kier alpha value is -2.08. The van der Waals surface area contributed by atoms with Crippen LogP contribution in [0, 0.1) is 13.8 Å². The summed E-state index contributed by atoms with van der Waals surface area (Å²) in [5, 5.41) is 0. The molecule has 2 rings (SSSR count). The molecule has 0 saturated carbocycles. The maximum atomic E-state index is 12.2. The van der Waals surface area contributed by atoms with Crippen LogP contribution in [-0.4, -0.2) is 13.4 Å². The lowest BCUT2D eigenvalue weighted by atomic mass is 10.2. The first-order valence-corrected chi connectivity index (χ1v) is 7.18. The molecule has 2 aromatic rings. The first-order chi connectivity index (χ1) is 8.90. The molecule has 0 fully saturated rings. The second-order valence-corrected chi connectivity index (χ2v) is 6.00. The Morgan fingerprint density at radius 2 is 1.89 bits per heavy atom. The number of aryl methyl sites for hydroxylation is 2. The number of pyridine rings is 1. The van der Waals surface area contributed by atoms with Crippen molar-refractivity contribution in [2.75, 3.05) is 10.5 Å². The highest BCUT2D eigenvalue weighted by Crippen LogP contribution is 2.21. The molecular weight excluding hydrogens is 262 g/mol. The van der Waals surface area contributed by atoms with Gasteiger partial charge >= 0.3 is 0 Å². The molecule has 5 nitrogen and oxygen atoms in total. The van der Waals surface area contributed by atoms with Gasteiger partial charge in [0.25, 0.3) is 10.0 Å². The molecule has 1 aromatic heterocycles. The summed E-state index contributed by atoms with van der Waals surface area (Å²) in [5.74, 6) is 0. The summed E-state index contributed by atoms with van der Waals surface area (Å²) in [5.41, 5.74) is 8.30. The number of sulfonamides is 1. The molecule has 0 spiro atoms. The van der Waals surface area contributed by atoms with Gasteiger partial charge in [0.15, 0.2) is 0 Å². The lowest BCUT2D eigenvalue weighted by Crippen LogP contribution is -2.14. The molecule has 1 heterocycles. The third-order valence-electron chi connectivity index (χ3n) is 2.83. The topological polar surface area (TPSA) is 85.1 Å². The molecule has 3 N–H and O–H groups in total. The van der Waals surface area contributed by atoms with E-state index >= 15 is 0 Å². The van der Waals surface area contributed by atoms with Crippen LogP contribution in [0.1, 0.15) is 11.1 Å². The van der Waals surface area contributed by atoms with Crippen molar-refractivity contribution in [1.29, 1.82) is 0 Å². The van der Waals surface area contributed by atoms with Crippen LogP contribution >= 0.6 is 0 Å². The Balaban J connectivity index is 2.38. The lowest BCUT2D eigenvalue weighted by Gasteiger charge is -2.11. The van der Waals surface area contributed by atoms with E-state index in [4.69, 9.17) is 5.73 Å². The maximum absolute atomic E-state index is 12.2. The summed E-state index contributed by atoms with van der Waals surface area (Å²) < 4.78 is 27.0. The van der Waals surface area contributed by atoms with Crippen LogP contribution in [0.3, 0.4) is 0 Å². The van der Waals surface area contributed by atoms with Crippen molar-refractivity contribution in [3.63, 3.8) is 0 Å². The van der Waals surface area contributed by atoms with Crippen molar-refractivity contribution in [2.24, 2.45) is 0 Å². The van der Waals surface area contributed by atoms with Crippen LogP contribution < -0.4 is 10.5 Å². The number of nitrogens with two attached hydrogens (primary N) is 1. The average Bonchev–Trinajstić information content (AvgIpc) is 2.35. The summed E-state index contributed by atoms with van der Waals surface area (Å²) in [4.78, 5) is 4.06. The molecule has 0 aliphatic carbocycles. The molecule has 6 heteroatoms. The molecule has 19 heavy (non-hydrogen) atoms. The molecule has 0 amide bonds. The van der Waals surface area contributed by atoms with Gasteiger partial charge in [-0.25, -0.2) is 8.42 Å². The summed E-state index contributed by atoms with van der Waals surface area (Å²) in [6.07, 6.45) is 3.13. The van der Waals surface area contributed by atoms with E-state index in [0.717, 1.165) is 11.1 Å². The Labute approximate surface area is 112 Å². The fourth-order valence-corrected chi connectivity index (χ4v) is 2.74. The van der Waals surface area contributed by atoms with E-state index < -0.39 is 10.0 Å². The van der Waals surface area contributed by atoms with Crippen LogP contribution in [0.2, 0.25) is 0 Å². The number of nitrogens with zero attached hydrogens (tertiary/aromatic N) is 1. The molecule has 0 saturated heterocycles. The highest BCUT2D eigenvalue weighted by atomic mass is 32.2. The molecule has 0 radical (unpaired) electrons. The third kappa shape index (κ3) is 2.85. The Morgan fingerprint density at radius 1 is 1.16 bits per heavy atom. The van der Waals surface area contributed by atoms with E-state index in [1.165, 1.54) is 18.3 Å². The SMILES string of the molecule is Cc1ccc(S(=O)(=O)Nc2ccncc2C)cc1N. The van der Waals surface area contributed by atoms with Crippen molar-refractivity contribution in [3.05, 3.63) is 47.8 Å². The summed E-state index contributed by atoms with van der Waals surface area (Å²) in [7, 11) is -3.63. The molecule has 0 aliphatic rings. The number of hydrogen-bond donors (Lipinski definition) is 2. The molecule has 0 atom stereocenters. The van der Waals surface area contributed by atoms with Crippen molar-refractivity contribution in [1.82, 2.24) is 4.98 Å². The highest BCUT2D eigenvalue weighted by molar-refractivity contribution is 7.92. The van der Waals surface area contributed by atoms with Crippen LogP contribution in [0.4, 0.5) is 11.4 Å².